The van der Waals surface area contributed by atoms with Crippen LogP contribution in [-0.4, -0.2) is 52.1 Å². The van der Waals surface area contributed by atoms with E-state index in [9.17, 15) is 4.79 Å². The van der Waals surface area contributed by atoms with Crippen molar-refractivity contribution in [2.75, 3.05) is 19.7 Å². The Morgan fingerprint density at radius 1 is 1.18 bits per heavy atom. The average Bonchev–Trinajstić information content (AvgIpc) is 3.48. The van der Waals surface area contributed by atoms with Crippen LogP contribution in [0.4, 0.5) is 4.79 Å². The molecule has 8 heteroatoms. The van der Waals surface area contributed by atoms with Gasteiger partial charge in [-0.25, -0.2) is 19.6 Å². The summed E-state index contributed by atoms with van der Waals surface area (Å²) in [7, 11) is 0. The first-order valence-electron chi connectivity index (χ1n) is 12.2. The molecule has 3 aliphatic heterocycles. The Labute approximate surface area is 198 Å². The topological polar surface area (TPSA) is 77.3 Å². The Balaban J connectivity index is 1.10. The minimum Gasteiger partial charge on any atom is -0.487 e. The smallest absolute Gasteiger partial charge is 0.341 e. The predicted molar refractivity (Wildman–Crippen MR) is 126 cm³/mol. The lowest BCUT2D eigenvalue weighted by molar-refractivity contribution is -0.188. The van der Waals surface area contributed by atoms with E-state index in [0.717, 1.165) is 55.5 Å². The lowest BCUT2D eigenvalue weighted by atomic mass is 9.86. The summed E-state index contributed by atoms with van der Waals surface area (Å²) < 4.78 is 14.0. The highest BCUT2D eigenvalue weighted by Crippen LogP contribution is 2.42. The van der Waals surface area contributed by atoms with Crippen LogP contribution in [0.1, 0.15) is 43.4 Å². The lowest BCUT2D eigenvalue weighted by Gasteiger charge is -2.38. The molecule has 6 rings (SSSR count). The quantitative estimate of drug-likeness (QED) is 0.589. The highest BCUT2D eigenvalue weighted by molar-refractivity contribution is 5.73. The van der Waals surface area contributed by atoms with Gasteiger partial charge in [0.25, 0.3) is 0 Å². The number of likely N-dealkylation sites (tertiary alicyclic amines) is 1. The molecule has 1 aromatic carbocycles. The van der Waals surface area contributed by atoms with Crippen LogP contribution in [-0.2, 0) is 16.0 Å². The van der Waals surface area contributed by atoms with Crippen molar-refractivity contribution >= 4 is 11.5 Å². The van der Waals surface area contributed by atoms with Crippen LogP contribution in [0.15, 0.2) is 42.6 Å². The number of carbonyl (C=O) groups is 1. The molecule has 1 N–H and O–H groups in total. The molecular formula is C26H30N4O4. The summed E-state index contributed by atoms with van der Waals surface area (Å²) in [5, 5.41) is 4.44. The van der Waals surface area contributed by atoms with Crippen molar-refractivity contribution in [3.8, 4) is 16.9 Å². The third-order valence-corrected chi connectivity index (χ3v) is 7.39. The fourth-order valence-electron chi connectivity index (χ4n) is 5.41. The number of hydrogen-bond acceptors (Lipinski definition) is 5. The van der Waals surface area contributed by atoms with E-state index >= 15 is 0 Å². The Bertz CT molecular complexity index is 1210. The summed E-state index contributed by atoms with van der Waals surface area (Å²) >= 11 is 0. The number of rotatable bonds is 3. The molecule has 3 aromatic rings. The molecule has 2 fully saturated rings. The van der Waals surface area contributed by atoms with Crippen molar-refractivity contribution in [3.05, 3.63) is 53.9 Å². The number of hydrogen-bond donors (Lipinski definition) is 1. The molecule has 5 heterocycles. The molecule has 2 saturated heterocycles. The van der Waals surface area contributed by atoms with Crippen molar-refractivity contribution in [1.82, 2.24) is 20.0 Å². The van der Waals surface area contributed by atoms with Gasteiger partial charge in [0.05, 0.1) is 5.52 Å². The molecule has 0 saturated carbocycles. The van der Waals surface area contributed by atoms with Gasteiger partial charge in [-0.05, 0) is 55.2 Å². The number of carbonyl (C=O) groups excluding carboxylic acids is 1. The van der Waals surface area contributed by atoms with E-state index in [-0.39, 0.29) is 17.9 Å². The van der Waals surface area contributed by atoms with Gasteiger partial charge in [-0.3, -0.25) is 0 Å². The van der Waals surface area contributed by atoms with E-state index in [0.29, 0.717) is 19.7 Å². The number of benzene rings is 1. The first-order valence-corrected chi connectivity index (χ1v) is 12.2. The first-order chi connectivity index (χ1) is 16.6. The maximum Gasteiger partial charge on any atom is 0.341 e. The van der Waals surface area contributed by atoms with E-state index in [1.165, 1.54) is 16.7 Å². The van der Waals surface area contributed by atoms with Crippen molar-refractivity contribution in [2.45, 2.75) is 57.3 Å². The summed E-state index contributed by atoms with van der Waals surface area (Å²) in [5.41, 5.74) is 8.12. The van der Waals surface area contributed by atoms with Crippen molar-refractivity contribution < 1.29 is 19.1 Å². The molecule has 2 amide bonds. The number of fused-ring (bicyclic) bond motifs is 2. The van der Waals surface area contributed by atoms with Crippen LogP contribution in [0.5, 0.6) is 5.75 Å². The van der Waals surface area contributed by atoms with Gasteiger partial charge in [0.1, 0.15) is 11.4 Å². The number of nitrogens with one attached hydrogen (secondary N) is 1. The predicted octanol–water partition coefficient (Wildman–Crippen LogP) is 4.25. The van der Waals surface area contributed by atoms with Crippen LogP contribution >= 0.6 is 0 Å². The molecule has 178 valence electrons. The number of piperidine rings is 1. The molecular weight excluding hydrogens is 432 g/mol. The van der Waals surface area contributed by atoms with E-state index in [4.69, 9.17) is 14.3 Å². The number of amides is 2. The Morgan fingerprint density at radius 2 is 2.06 bits per heavy atom. The second-order valence-electron chi connectivity index (χ2n) is 9.59. The number of urea groups is 1. The largest absolute Gasteiger partial charge is 0.487 e. The third kappa shape index (κ3) is 3.91. The van der Waals surface area contributed by atoms with Gasteiger partial charge in [-0.15, -0.1) is 0 Å². The van der Waals surface area contributed by atoms with Crippen LogP contribution in [0, 0.1) is 6.92 Å². The highest BCUT2D eigenvalue weighted by Gasteiger charge is 2.43. The van der Waals surface area contributed by atoms with Gasteiger partial charge in [-0.2, -0.15) is 5.10 Å². The minimum atomic E-state index is -0.340. The maximum absolute atomic E-state index is 12.6. The van der Waals surface area contributed by atoms with Crippen LogP contribution < -0.4 is 10.2 Å². The van der Waals surface area contributed by atoms with Gasteiger partial charge < -0.3 is 14.4 Å². The van der Waals surface area contributed by atoms with Gasteiger partial charge in [-0.1, -0.05) is 12.1 Å². The zero-order valence-corrected chi connectivity index (χ0v) is 19.5. The molecule has 1 unspecified atom stereocenters. The highest BCUT2D eigenvalue weighted by atomic mass is 16.8. The van der Waals surface area contributed by atoms with Gasteiger partial charge in [0.15, 0.2) is 6.29 Å². The number of aromatic nitrogens is 2. The van der Waals surface area contributed by atoms with Crippen molar-refractivity contribution in [2.24, 2.45) is 0 Å². The standard InChI is InChI=1S/C26H30N4O4/c1-18-22(7-6-21-9-12-27-30(18)21)19-5-8-23-20(16-19)17-26(33-23)10-13-29(14-11-26)25(31)28-34-24-4-2-3-15-32-24/h5-9,12,16,24H,2-4,10-11,13-15,17H2,1H3,(H,28,31). The van der Waals surface area contributed by atoms with Crippen molar-refractivity contribution in [3.63, 3.8) is 0 Å². The fraction of sp³-hybridized carbons (Fsp3) is 0.462. The van der Waals surface area contributed by atoms with Gasteiger partial charge in [0.2, 0.25) is 0 Å². The van der Waals surface area contributed by atoms with Crippen LogP contribution in [0.2, 0.25) is 0 Å². The summed E-state index contributed by atoms with van der Waals surface area (Å²) in [5.74, 6) is 0.956. The number of aryl methyl sites for hydroxylation is 1. The molecule has 2 aromatic heterocycles. The zero-order valence-electron chi connectivity index (χ0n) is 19.5. The molecule has 1 atom stereocenters. The number of pyridine rings is 1. The zero-order chi connectivity index (χ0) is 23.1. The summed E-state index contributed by atoms with van der Waals surface area (Å²) in [6, 6.07) is 12.5. The molecule has 0 aliphatic carbocycles. The maximum atomic E-state index is 12.6. The van der Waals surface area contributed by atoms with Crippen molar-refractivity contribution in [1.29, 1.82) is 0 Å². The Morgan fingerprint density at radius 3 is 2.88 bits per heavy atom. The molecule has 8 nitrogen and oxygen atoms in total. The monoisotopic (exact) mass is 462 g/mol. The Kier molecular flexibility index (Phi) is 5.42. The summed E-state index contributed by atoms with van der Waals surface area (Å²) in [4.78, 5) is 19.8. The number of nitrogens with zero attached hydrogens (tertiary/aromatic N) is 3. The summed E-state index contributed by atoms with van der Waals surface area (Å²) in [6.07, 6.45) is 6.86. The van der Waals surface area contributed by atoms with E-state index in [1.807, 2.05) is 16.8 Å². The van der Waals surface area contributed by atoms with E-state index in [2.05, 4.69) is 47.8 Å². The third-order valence-electron chi connectivity index (χ3n) is 7.39. The SMILES string of the molecule is Cc1c(-c2ccc3c(c2)CC2(CCN(C(=O)NOC4CCCCO4)CC2)O3)ccc2ccnn12. The number of ether oxygens (including phenoxy) is 2. The normalized spacial score (nSPS) is 21.4. The van der Waals surface area contributed by atoms with Gasteiger partial charge >= 0.3 is 6.03 Å². The Hall–Kier alpha value is -3.10. The second kappa shape index (κ2) is 8.60. The number of hydroxylamine groups is 1. The summed E-state index contributed by atoms with van der Waals surface area (Å²) in [6.45, 7) is 4.06. The molecule has 1 spiro atoms. The fourth-order valence-corrected chi connectivity index (χ4v) is 5.41. The second-order valence-corrected chi connectivity index (χ2v) is 9.59. The molecule has 0 radical (unpaired) electrons. The minimum absolute atomic E-state index is 0.202. The average molecular weight is 463 g/mol. The van der Waals surface area contributed by atoms with Gasteiger partial charge in [0, 0.05) is 62.8 Å². The molecule has 0 bridgehead atoms. The molecule has 3 aliphatic rings. The van der Waals surface area contributed by atoms with E-state index < -0.39 is 0 Å². The van der Waals surface area contributed by atoms with Crippen LogP contribution in [0.25, 0.3) is 16.6 Å². The first kappa shape index (κ1) is 21.4. The lowest BCUT2D eigenvalue weighted by Crippen LogP contribution is -2.52. The van der Waals surface area contributed by atoms with E-state index in [1.54, 1.807) is 4.90 Å². The molecule has 34 heavy (non-hydrogen) atoms. The van der Waals surface area contributed by atoms with Crippen LogP contribution in [0.3, 0.4) is 0 Å².